The van der Waals surface area contributed by atoms with Crippen molar-refractivity contribution in [2.24, 2.45) is 0 Å². The number of benzene rings is 2. The Morgan fingerprint density at radius 1 is 1.00 bits per heavy atom. The second kappa shape index (κ2) is 11.8. The predicted octanol–water partition coefficient (Wildman–Crippen LogP) is 5.90. The summed E-state index contributed by atoms with van der Waals surface area (Å²) in [5.41, 5.74) is 3.71. The molecule has 0 aliphatic rings. The molecule has 0 fully saturated rings. The van der Waals surface area contributed by atoms with Crippen molar-refractivity contribution in [3.8, 4) is 22.6 Å². The summed E-state index contributed by atoms with van der Waals surface area (Å²) in [6.07, 6.45) is 5.60. The van der Waals surface area contributed by atoms with Crippen molar-refractivity contribution >= 4 is 5.57 Å². The van der Waals surface area contributed by atoms with E-state index in [9.17, 15) is 0 Å². The van der Waals surface area contributed by atoms with Gasteiger partial charge in [0.25, 0.3) is 0 Å². The number of hydrogen-bond donors (Lipinski definition) is 0. The lowest BCUT2D eigenvalue weighted by Crippen LogP contribution is -2.09. The van der Waals surface area contributed by atoms with E-state index >= 15 is 0 Å². The van der Waals surface area contributed by atoms with Crippen LogP contribution < -0.4 is 9.47 Å². The smallest absolute Gasteiger partial charge is 0.135 e. The van der Waals surface area contributed by atoms with Gasteiger partial charge in [-0.3, -0.25) is 0 Å². The Hall–Kier alpha value is -2.98. The summed E-state index contributed by atoms with van der Waals surface area (Å²) in [5, 5.41) is 0. The van der Waals surface area contributed by atoms with E-state index < -0.39 is 0 Å². The molecule has 0 aliphatic carbocycles. The van der Waals surface area contributed by atoms with Gasteiger partial charge < -0.3 is 18.9 Å². The molecular weight excluding hydrogens is 364 g/mol. The summed E-state index contributed by atoms with van der Waals surface area (Å²) in [5.74, 6) is 2.28. The number of rotatable bonds is 11. The third kappa shape index (κ3) is 5.52. The van der Waals surface area contributed by atoms with Gasteiger partial charge in [0.2, 0.25) is 0 Å². The van der Waals surface area contributed by atoms with Gasteiger partial charge in [0, 0.05) is 28.9 Å². The normalized spacial score (nSPS) is 11.9. The van der Waals surface area contributed by atoms with Crippen molar-refractivity contribution in [1.82, 2.24) is 0 Å². The molecule has 0 bridgehead atoms. The summed E-state index contributed by atoms with van der Waals surface area (Å²) in [6.45, 7) is 9.37. The molecule has 4 nitrogen and oxygen atoms in total. The zero-order valence-corrected chi connectivity index (χ0v) is 17.7. The van der Waals surface area contributed by atoms with Crippen molar-refractivity contribution in [3.05, 3.63) is 78.6 Å². The quantitative estimate of drug-likeness (QED) is 0.270. The molecular formula is C25H30O4. The molecule has 0 aromatic heterocycles. The van der Waals surface area contributed by atoms with Crippen LogP contribution in [0.3, 0.4) is 0 Å². The van der Waals surface area contributed by atoms with Gasteiger partial charge >= 0.3 is 0 Å². The first-order valence-corrected chi connectivity index (χ1v) is 9.72. The third-order valence-corrected chi connectivity index (χ3v) is 4.41. The molecule has 0 aliphatic heterocycles. The van der Waals surface area contributed by atoms with Crippen molar-refractivity contribution in [2.45, 2.75) is 13.8 Å². The van der Waals surface area contributed by atoms with Gasteiger partial charge in [-0.05, 0) is 26.0 Å². The van der Waals surface area contributed by atoms with Gasteiger partial charge in [-0.25, -0.2) is 0 Å². The molecule has 154 valence electrons. The lowest BCUT2D eigenvalue weighted by Gasteiger charge is -2.20. The Labute approximate surface area is 174 Å². The van der Waals surface area contributed by atoms with Gasteiger partial charge in [0.15, 0.2) is 0 Å². The molecule has 0 radical (unpaired) electrons. The highest BCUT2D eigenvalue weighted by Crippen LogP contribution is 2.42. The Balaban J connectivity index is 2.67. The van der Waals surface area contributed by atoms with E-state index in [0.717, 1.165) is 39.5 Å². The zero-order chi connectivity index (χ0) is 21.1. The Bertz CT molecular complexity index is 865. The van der Waals surface area contributed by atoms with Crippen LogP contribution in [-0.2, 0) is 9.47 Å². The number of para-hydroxylation sites is 2. The van der Waals surface area contributed by atoms with E-state index in [1.807, 2.05) is 68.5 Å². The lowest BCUT2D eigenvalue weighted by atomic mass is 9.95. The average Bonchev–Trinajstić information content (AvgIpc) is 2.77. The largest absolute Gasteiger partial charge is 0.496 e. The Morgan fingerprint density at radius 3 is 2.41 bits per heavy atom. The zero-order valence-electron chi connectivity index (χ0n) is 17.7. The maximum absolute atomic E-state index is 6.25. The fourth-order valence-corrected chi connectivity index (χ4v) is 3.14. The molecule has 0 amide bonds. The molecule has 0 saturated heterocycles. The molecule has 2 rings (SSSR count). The van der Waals surface area contributed by atoms with E-state index in [0.29, 0.717) is 19.8 Å². The second-order valence-corrected chi connectivity index (χ2v) is 6.10. The van der Waals surface area contributed by atoms with Crippen LogP contribution in [0.2, 0.25) is 0 Å². The van der Waals surface area contributed by atoms with E-state index in [-0.39, 0.29) is 0 Å². The Morgan fingerprint density at radius 2 is 1.76 bits per heavy atom. The highest BCUT2D eigenvalue weighted by Gasteiger charge is 2.19. The predicted molar refractivity (Wildman–Crippen MR) is 119 cm³/mol. The van der Waals surface area contributed by atoms with Crippen LogP contribution in [0.5, 0.6) is 11.5 Å². The van der Waals surface area contributed by atoms with Crippen LogP contribution >= 0.6 is 0 Å². The SMILES string of the molecule is C=C/C=C(\C(=C/C)OC)c1cccc(-c2ccccc2OC)c1OCCOCC. The van der Waals surface area contributed by atoms with Crippen LogP contribution in [0.1, 0.15) is 19.4 Å². The van der Waals surface area contributed by atoms with Gasteiger partial charge in [-0.15, -0.1) is 0 Å². The molecule has 2 aromatic rings. The number of methoxy groups -OCH3 is 2. The first-order valence-electron chi connectivity index (χ1n) is 9.72. The minimum atomic E-state index is 0.437. The summed E-state index contributed by atoms with van der Waals surface area (Å²) in [6, 6.07) is 14.0. The van der Waals surface area contributed by atoms with Crippen LogP contribution in [0.15, 0.2) is 73.0 Å². The molecule has 4 heteroatoms. The number of allylic oxidation sites excluding steroid dienone is 4. The summed E-state index contributed by atoms with van der Waals surface area (Å²) >= 11 is 0. The maximum atomic E-state index is 6.25. The highest BCUT2D eigenvalue weighted by molar-refractivity contribution is 5.88. The minimum absolute atomic E-state index is 0.437. The standard InChI is InChI=1S/C25H30O4/c1-6-12-19(23(7-2)26-4)21-14-11-15-22(25(21)29-18-17-28-8-3)20-13-9-10-16-24(20)27-5/h6-7,9-16H,1,8,17-18H2,2-5H3/b19-12-,23-7+. The topological polar surface area (TPSA) is 36.9 Å². The van der Waals surface area contributed by atoms with Crippen LogP contribution in [0, 0.1) is 0 Å². The monoisotopic (exact) mass is 394 g/mol. The summed E-state index contributed by atoms with van der Waals surface area (Å²) in [4.78, 5) is 0. The molecule has 29 heavy (non-hydrogen) atoms. The first kappa shape index (κ1) is 22.3. The molecule has 0 saturated carbocycles. The first-order chi connectivity index (χ1) is 14.2. The molecule has 2 aromatic carbocycles. The van der Waals surface area contributed by atoms with Crippen molar-refractivity contribution < 1.29 is 18.9 Å². The van der Waals surface area contributed by atoms with E-state index in [4.69, 9.17) is 18.9 Å². The van der Waals surface area contributed by atoms with E-state index in [2.05, 4.69) is 6.58 Å². The summed E-state index contributed by atoms with van der Waals surface area (Å²) in [7, 11) is 3.33. The average molecular weight is 395 g/mol. The fourth-order valence-electron chi connectivity index (χ4n) is 3.14. The second-order valence-electron chi connectivity index (χ2n) is 6.10. The van der Waals surface area contributed by atoms with Gasteiger partial charge in [0.1, 0.15) is 23.9 Å². The van der Waals surface area contributed by atoms with E-state index in [1.165, 1.54) is 0 Å². The number of ether oxygens (including phenoxy) is 4. The van der Waals surface area contributed by atoms with Crippen LogP contribution in [0.25, 0.3) is 16.7 Å². The van der Waals surface area contributed by atoms with Crippen molar-refractivity contribution in [3.63, 3.8) is 0 Å². The lowest BCUT2D eigenvalue weighted by molar-refractivity contribution is 0.110. The van der Waals surface area contributed by atoms with Gasteiger partial charge in [-0.2, -0.15) is 0 Å². The van der Waals surface area contributed by atoms with Crippen LogP contribution in [0.4, 0.5) is 0 Å². The third-order valence-electron chi connectivity index (χ3n) is 4.41. The molecule has 0 heterocycles. The molecule has 0 spiro atoms. The fraction of sp³-hybridized carbons (Fsp3) is 0.280. The van der Waals surface area contributed by atoms with Crippen molar-refractivity contribution in [2.75, 3.05) is 34.0 Å². The Kier molecular flexibility index (Phi) is 9.06. The summed E-state index contributed by atoms with van der Waals surface area (Å²) < 4.78 is 22.9. The van der Waals surface area contributed by atoms with Crippen molar-refractivity contribution in [1.29, 1.82) is 0 Å². The van der Waals surface area contributed by atoms with Crippen LogP contribution in [-0.4, -0.2) is 34.0 Å². The molecule has 0 N–H and O–H groups in total. The minimum Gasteiger partial charge on any atom is -0.496 e. The van der Waals surface area contributed by atoms with Gasteiger partial charge in [-0.1, -0.05) is 55.1 Å². The molecule has 0 unspecified atom stereocenters. The van der Waals surface area contributed by atoms with E-state index in [1.54, 1.807) is 20.3 Å². The maximum Gasteiger partial charge on any atom is 0.135 e. The molecule has 0 atom stereocenters. The van der Waals surface area contributed by atoms with Gasteiger partial charge in [0.05, 0.1) is 20.8 Å². The highest BCUT2D eigenvalue weighted by atomic mass is 16.5. The number of hydrogen-bond acceptors (Lipinski definition) is 4.